The van der Waals surface area contributed by atoms with Crippen LogP contribution in [0.25, 0.3) is 0 Å². The monoisotopic (exact) mass is 298 g/mol. The normalized spacial score (nSPS) is 15.4. The molecule has 0 aliphatic rings. The Bertz CT molecular complexity index is 351. The van der Waals surface area contributed by atoms with E-state index < -0.39 is 0 Å². The van der Waals surface area contributed by atoms with Crippen LogP contribution in [0.3, 0.4) is 0 Å². The maximum atomic E-state index is 12.6. The van der Waals surface area contributed by atoms with Crippen molar-refractivity contribution in [2.75, 3.05) is 0 Å². The summed E-state index contributed by atoms with van der Waals surface area (Å²) in [7, 11) is 0. The Morgan fingerprint density at radius 3 is 1.90 bits per heavy atom. The molecule has 0 aromatic heterocycles. The second kappa shape index (κ2) is 7.81. The van der Waals surface area contributed by atoms with E-state index in [1.54, 1.807) is 0 Å². The molecule has 3 N–H and O–H groups in total. The zero-order valence-electron chi connectivity index (χ0n) is 14.9. The molecule has 21 heavy (non-hydrogen) atoms. The van der Waals surface area contributed by atoms with Gasteiger partial charge in [0.2, 0.25) is 11.8 Å². The second-order valence-corrected chi connectivity index (χ2v) is 8.26. The Labute approximate surface area is 130 Å². The van der Waals surface area contributed by atoms with Crippen molar-refractivity contribution < 1.29 is 9.59 Å². The van der Waals surface area contributed by atoms with Gasteiger partial charge >= 0.3 is 0 Å². The summed E-state index contributed by atoms with van der Waals surface area (Å²) >= 11 is 0. The van der Waals surface area contributed by atoms with Crippen LogP contribution in [0.5, 0.6) is 0 Å². The van der Waals surface area contributed by atoms with E-state index in [-0.39, 0.29) is 34.6 Å². The number of carbonyl (C=O) groups is 2. The van der Waals surface area contributed by atoms with Crippen molar-refractivity contribution in [3.8, 4) is 0 Å². The summed E-state index contributed by atoms with van der Waals surface area (Å²) in [5.41, 5.74) is 5.25. The Kier molecular flexibility index (Phi) is 7.41. The number of rotatable bonds is 7. The molecule has 0 rings (SSSR count). The van der Waals surface area contributed by atoms with Crippen molar-refractivity contribution in [2.24, 2.45) is 23.0 Å². The molecule has 0 radical (unpaired) electrons. The average molecular weight is 298 g/mol. The first kappa shape index (κ1) is 19.9. The molecule has 0 heterocycles. The first-order valence-corrected chi connectivity index (χ1v) is 7.98. The van der Waals surface area contributed by atoms with E-state index in [0.717, 1.165) is 12.8 Å². The van der Waals surface area contributed by atoms with E-state index in [4.69, 9.17) is 5.73 Å². The molecule has 0 saturated carbocycles. The molecule has 2 amide bonds. The minimum atomic E-state index is -0.383. The second-order valence-electron chi connectivity index (χ2n) is 8.26. The van der Waals surface area contributed by atoms with Gasteiger partial charge in [-0.2, -0.15) is 0 Å². The number of unbranched alkanes of at least 4 members (excludes halogenated alkanes) is 1. The predicted molar refractivity (Wildman–Crippen MR) is 87.7 cm³/mol. The lowest BCUT2D eigenvalue weighted by atomic mass is 9.75. The third kappa shape index (κ3) is 8.74. The molecule has 0 bridgehead atoms. The van der Waals surface area contributed by atoms with Crippen LogP contribution in [-0.2, 0) is 9.59 Å². The molecule has 4 heteroatoms. The number of hydrogen-bond donors (Lipinski definition) is 2. The molecule has 124 valence electrons. The molecule has 1 unspecified atom stereocenters. The lowest BCUT2D eigenvalue weighted by Crippen LogP contribution is -2.48. The molecule has 4 nitrogen and oxygen atoms in total. The van der Waals surface area contributed by atoms with Crippen LogP contribution in [0, 0.1) is 17.3 Å². The highest BCUT2D eigenvalue weighted by atomic mass is 16.2. The van der Waals surface area contributed by atoms with Gasteiger partial charge in [0.25, 0.3) is 0 Å². The zero-order valence-corrected chi connectivity index (χ0v) is 14.9. The van der Waals surface area contributed by atoms with Gasteiger partial charge in [-0.1, -0.05) is 40.5 Å². The van der Waals surface area contributed by atoms with Gasteiger partial charge in [-0.25, -0.2) is 0 Å². The topological polar surface area (TPSA) is 72.2 Å². The fraction of sp³-hybridized carbons (Fsp3) is 0.882. The predicted octanol–water partition coefficient (Wildman–Crippen LogP) is 3.25. The van der Waals surface area contributed by atoms with Crippen LogP contribution in [-0.4, -0.2) is 17.4 Å². The standard InChI is InChI=1S/C17H34N2O2/c1-8-9-10-12(14(18)20)13(11-16(2,3)4)15(21)19-17(5,6)7/h12-13H,8-11H2,1-7H3,(H2,18,20)(H,19,21)/t12-,13?/m0/s1. The van der Waals surface area contributed by atoms with Gasteiger partial charge in [-0.15, -0.1) is 0 Å². The average Bonchev–Trinajstić information content (AvgIpc) is 2.23. The van der Waals surface area contributed by atoms with Gasteiger partial charge in [-0.3, -0.25) is 9.59 Å². The summed E-state index contributed by atoms with van der Waals surface area (Å²) in [5.74, 6) is -1.15. The molecule has 0 aliphatic heterocycles. The van der Waals surface area contributed by atoms with E-state index in [1.165, 1.54) is 0 Å². The molecule has 0 aromatic rings. The fourth-order valence-electron chi connectivity index (χ4n) is 2.51. The van der Waals surface area contributed by atoms with Crippen LogP contribution < -0.4 is 11.1 Å². The summed E-state index contributed by atoms with van der Waals surface area (Å²) in [6, 6.07) is 0. The summed E-state index contributed by atoms with van der Waals surface area (Å²) < 4.78 is 0. The molecule has 0 aliphatic carbocycles. The van der Waals surface area contributed by atoms with Gasteiger partial charge in [0, 0.05) is 17.4 Å². The van der Waals surface area contributed by atoms with Gasteiger partial charge in [0.05, 0.1) is 0 Å². The Morgan fingerprint density at radius 1 is 1.05 bits per heavy atom. The van der Waals surface area contributed by atoms with Crippen molar-refractivity contribution in [2.45, 2.75) is 79.7 Å². The van der Waals surface area contributed by atoms with Crippen molar-refractivity contribution >= 4 is 11.8 Å². The lowest BCUT2D eigenvalue weighted by Gasteiger charge is -2.32. The Morgan fingerprint density at radius 2 is 1.57 bits per heavy atom. The van der Waals surface area contributed by atoms with Crippen LogP contribution >= 0.6 is 0 Å². The molecule has 0 aromatic carbocycles. The molecular formula is C17H34N2O2. The summed E-state index contributed by atoms with van der Waals surface area (Å²) in [5, 5.41) is 3.01. The smallest absolute Gasteiger partial charge is 0.224 e. The highest BCUT2D eigenvalue weighted by molar-refractivity contribution is 5.87. The van der Waals surface area contributed by atoms with Crippen molar-refractivity contribution in [1.29, 1.82) is 0 Å². The van der Waals surface area contributed by atoms with Crippen LogP contribution in [0.2, 0.25) is 0 Å². The fourth-order valence-corrected chi connectivity index (χ4v) is 2.51. The highest BCUT2D eigenvalue weighted by Gasteiger charge is 2.36. The largest absolute Gasteiger partial charge is 0.369 e. The summed E-state index contributed by atoms with van der Waals surface area (Å²) in [6.45, 7) is 14.2. The van der Waals surface area contributed by atoms with Gasteiger partial charge in [-0.05, 0) is 39.0 Å². The van der Waals surface area contributed by atoms with E-state index in [1.807, 2.05) is 20.8 Å². The quantitative estimate of drug-likeness (QED) is 0.757. The maximum Gasteiger partial charge on any atom is 0.224 e. The number of carbonyl (C=O) groups excluding carboxylic acids is 2. The minimum Gasteiger partial charge on any atom is -0.369 e. The number of nitrogens with two attached hydrogens (primary N) is 1. The van der Waals surface area contributed by atoms with Crippen LogP contribution in [0.4, 0.5) is 0 Å². The number of hydrogen-bond acceptors (Lipinski definition) is 2. The molecule has 2 atom stereocenters. The first-order valence-electron chi connectivity index (χ1n) is 7.98. The molecular weight excluding hydrogens is 264 g/mol. The van der Waals surface area contributed by atoms with E-state index in [2.05, 4.69) is 33.0 Å². The van der Waals surface area contributed by atoms with E-state index in [0.29, 0.717) is 12.8 Å². The van der Waals surface area contributed by atoms with Gasteiger partial charge in [0.15, 0.2) is 0 Å². The summed E-state index contributed by atoms with van der Waals surface area (Å²) in [4.78, 5) is 24.5. The zero-order chi connectivity index (χ0) is 16.8. The number of primary amides is 1. The number of amides is 2. The van der Waals surface area contributed by atoms with Crippen molar-refractivity contribution in [1.82, 2.24) is 5.32 Å². The third-order valence-corrected chi connectivity index (χ3v) is 3.39. The molecule has 0 spiro atoms. The maximum absolute atomic E-state index is 12.6. The van der Waals surface area contributed by atoms with Crippen LogP contribution in [0.15, 0.2) is 0 Å². The van der Waals surface area contributed by atoms with E-state index in [9.17, 15) is 9.59 Å². The van der Waals surface area contributed by atoms with Crippen LogP contribution in [0.1, 0.15) is 74.1 Å². The Hall–Kier alpha value is -1.06. The van der Waals surface area contributed by atoms with E-state index >= 15 is 0 Å². The van der Waals surface area contributed by atoms with Gasteiger partial charge < -0.3 is 11.1 Å². The minimum absolute atomic E-state index is 0.0280. The lowest BCUT2D eigenvalue weighted by molar-refractivity contribution is -0.135. The highest BCUT2D eigenvalue weighted by Crippen LogP contribution is 2.32. The van der Waals surface area contributed by atoms with Gasteiger partial charge in [0.1, 0.15) is 0 Å². The SMILES string of the molecule is CCCC[C@H](C(N)=O)C(CC(C)(C)C)C(=O)NC(C)(C)C. The molecule has 0 saturated heterocycles. The number of nitrogens with one attached hydrogen (secondary N) is 1. The third-order valence-electron chi connectivity index (χ3n) is 3.39. The first-order chi connectivity index (χ1) is 9.37. The van der Waals surface area contributed by atoms with Crippen molar-refractivity contribution in [3.05, 3.63) is 0 Å². The van der Waals surface area contributed by atoms with Crippen molar-refractivity contribution in [3.63, 3.8) is 0 Å². The Balaban J connectivity index is 5.26. The molecule has 0 fully saturated rings. The summed E-state index contributed by atoms with van der Waals surface area (Å²) in [6.07, 6.45) is 3.25.